The summed E-state index contributed by atoms with van der Waals surface area (Å²) in [7, 11) is 0. The minimum Gasteiger partial charge on any atom is -0.268 e. The maximum atomic E-state index is 12.3. The predicted octanol–water partition coefficient (Wildman–Crippen LogP) is 3.14. The van der Waals surface area contributed by atoms with E-state index in [1.807, 2.05) is 13.0 Å². The fourth-order valence-electron chi connectivity index (χ4n) is 2.76. The van der Waals surface area contributed by atoms with Crippen molar-refractivity contribution < 1.29 is 9.83 Å². The number of amides is 1. The van der Waals surface area contributed by atoms with E-state index in [-0.39, 0.29) is 5.92 Å². The van der Waals surface area contributed by atoms with Gasteiger partial charge in [-0.2, -0.15) is 0 Å². The van der Waals surface area contributed by atoms with E-state index in [9.17, 15) is 14.9 Å². The Bertz CT molecular complexity index is 528. The van der Waals surface area contributed by atoms with Gasteiger partial charge >= 0.3 is 0 Å². The van der Waals surface area contributed by atoms with E-state index in [0.29, 0.717) is 17.1 Å². The molecule has 1 aromatic carbocycles. The van der Waals surface area contributed by atoms with E-state index in [1.54, 1.807) is 19.1 Å². The highest BCUT2D eigenvalue weighted by Crippen LogP contribution is 2.28. The topological polar surface area (TPSA) is 63.5 Å². The third-order valence-electron chi connectivity index (χ3n) is 3.84. The molecule has 1 amide bonds. The van der Waals surface area contributed by atoms with Crippen molar-refractivity contribution in [3.05, 3.63) is 39.4 Å². The van der Waals surface area contributed by atoms with Crippen LogP contribution in [0.1, 0.15) is 44.2 Å². The maximum Gasteiger partial charge on any atom is 0.292 e. The van der Waals surface area contributed by atoms with Crippen molar-refractivity contribution in [2.75, 3.05) is 5.01 Å². The zero-order valence-corrected chi connectivity index (χ0v) is 12.0. The van der Waals surface area contributed by atoms with Crippen molar-refractivity contribution in [2.45, 2.75) is 46.0 Å². The average Bonchev–Trinajstić information content (AvgIpc) is 2.86. The highest BCUT2D eigenvalue weighted by molar-refractivity contribution is 5.92. The molecule has 0 radical (unpaired) electrons. The Hall–Kier alpha value is -1.91. The van der Waals surface area contributed by atoms with Crippen molar-refractivity contribution in [1.82, 2.24) is 0 Å². The quantitative estimate of drug-likeness (QED) is 0.613. The van der Waals surface area contributed by atoms with Crippen LogP contribution in [-0.2, 0) is 17.6 Å². The number of hydrogen-bond donors (Lipinski definition) is 0. The molecular weight excluding hydrogens is 256 g/mol. The zero-order valence-electron chi connectivity index (χ0n) is 12.0. The smallest absolute Gasteiger partial charge is 0.268 e. The molecule has 0 aromatic heterocycles. The molecule has 108 valence electrons. The number of hydrazine groups is 1. The van der Waals surface area contributed by atoms with Gasteiger partial charge in [-0.25, -0.2) is 10.1 Å². The van der Waals surface area contributed by atoms with Gasteiger partial charge < -0.3 is 0 Å². The minimum atomic E-state index is -0.606. The van der Waals surface area contributed by atoms with Crippen LogP contribution in [-0.4, -0.2) is 10.9 Å². The molecule has 0 aliphatic heterocycles. The molecule has 1 atom stereocenters. The van der Waals surface area contributed by atoms with Crippen LogP contribution in [0.15, 0.2) is 18.2 Å². The maximum absolute atomic E-state index is 12.3. The minimum absolute atomic E-state index is 0.335. The molecule has 0 N–H and O–H groups in total. The van der Waals surface area contributed by atoms with E-state index >= 15 is 0 Å². The summed E-state index contributed by atoms with van der Waals surface area (Å²) in [5.74, 6) is -0.770. The summed E-state index contributed by atoms with van der Waals surface area (Å²) in [5.41, 5.74) is 2.75. The van der Waals surface area contributed by atoms with Crippen molar-refractivity contribution in [2.24, 2.45) is 5.92 Å². The highest BCUT2D eigenvalue weighted by atomic mass is 16.7. The lowest BCUT2D eigenvalue weighted by atomic mass is 10.0. The normalized spacial score (nSPS) is 14.7. The number of nitro groups is 1. The Morgan fingerprint density at radius 2 is 2.10 bits per heavy atom. The van der Waals surface area contributed by atoms with Crippen LogP contribution < -0.4 is 5.01 Å². The van der Waals surface area contributed by atoms with E-state index in [1.165, 1.54) is 5.56 Å². The molecule has 0 saturated heterocycles. The Morgan fingerprint density at radius 3 is 2.75 bits per heavy atom. The molecule has 5 nitrogen and oxygen atoms in total. The van der Waals surface area contributed by atoms with Gasteiger partial charge in [-0.1, -0.05) is 26.3 Å². The van der Waals surface area contributed by atoms with Gasteiger partial charge in [0.05, 0.1) is 0 Å². The number of hydrogen-bond acceptors (Lipinski definition) is 3. The number of fused-ring (bicyclic) bond motifs is 1. The number of nitrogens with zero attached hydrogens (tertiary/aromatic N) is 2. The van der Waals surface area contributed by atoms with Crippen LogP contribution >= 0.6 is 0 Å². The summed E-state index contributed by atoms with van der Waals surface area (Å²) in [6, 6.07) is 5.39. The predicted molar refractivity (Wildman–Crippen MR) is 77.0 cm³/mol. The molecule has 2 rings (SSSR count). The number of carbonyl (C=O) groups excluding carboxylic acids is 1. The molecule has 1 aliphatic rings. The van der Waals surface area contributed by atoms with Crippen molar-refractivity contribution in [3.63, 3.8) is 0 Å². The standard InChI is InChI=1S/C15H20N2O3/c1-3-5-11(2)15(18)16(17(19)20)14-9-8-12-6-4-7-13(12)10-14/h8-11H,3-7H2,1-2H3. The van der Waals surface area contributed by atoms with Crippen LogP contribution in [0.25, 0.3) is 0 Å². The molecule has 1 aromatic rings. The number of carbonyl (C=O) groups is 1. The van der Waals surface area contributed by atoms with Crippen molar-refractivity contribution in [3.8, 4) is 0 Å². The zero-order chi connectivity index (χ0) is 14.7. The van der Waals surface area contributed by atoms with Crippen LogP contribution in [0.5, 0.6) is 0 Å². The van der Waals surface area contributed by atoms with E-state index in [4.69, 9.17) is 0 Å². The van der Waals surface area contributed by atoms with Gasteiger partial charge in [-0.05, 0) is 54.0 Å². The van der Waals surface area contributed by atoms with E-state index in [0.717, 1.165) is 31.2 Å². The monoisotopic (exact) mass is 276 g/mol. The summed E-state index contributed by atoms with van der Waals surface area (Å²) >= 11 is 0. The SMILES string of the molecule is CCCC(C)C(=O)N(c1ccc2c(c1)CCC2)[N+](=O)[O-]. The fraction of sp³-hybridized carbons (Fsp3) is 0.533. The summed E-state index contributed by atoms with van der Waals surface area (Å²) in [5, 5.41) is 11.4. The fourth-order valence-corrected chi connectivity index (χ4v) is 2.76. The van der Waals surface area contributed by atoms with Gasteiger partial charge in [0.25, 0.3) is 5.91 Å². The lowest BCUT2D eigenvalue weighted by Gasteiger charge is -2.17. The van der Waals surface area contributed by atoms with Gasteiger partial charge in [-0.3, -0.25) is 4.79 Å². The first-order chi connectivity index (χ1) is 9.54. The van der Waals surface area contributed by atoms with Gasteiger partial charge in [0, 0.05) is 5.92 Å². The summed E-state index contributed by atoms with van der Waals surface area (Å²) in [6.07, 6.45) is 4.54. The van der Waals surface area contributed by atoms with Gasteiger partial charge in [0.1, 0.15) is 5.69 Å². The molecular formula is C15H20N2O3. The Kier molecular flexibility index (Phi) is 4.37. The summed E-state index contributed by atoms with van der Waals surface area (Å²) in [4.78, 5) is 23.5. The van der Waals surface area contributed by atoms with Crippen LogP contribution in [0.4, 0.5) is 5.69 Å². The molecule has 1 unspecified atom stereocenters. The summed E-state index contributed by atoms with van der Waals surface area (Å²) < 4.78 is 0. The van der Waals surface area contributed by atoms with Gasteiger partial charge in [-0.15, -0.1) is 0 Å². The molecule has 0 fully saturated rings. The lowest BCUT2D eigenvalue weighted by molar-refractivity contribution is -0.484. The molecule has 0 saturated carbocycles. The third kappa shape index (κ3) is 2.81. The van der Waals surface area contributed by atoms with Gasteiger partial charge in [0.15, 0.2) is 5.03 Å². The molecule has 1 aliphatic carbocycles. The highest BCUT2D eigenvalue weighted by Gasteiger charge is 2.31. The Balaban J connectivity index is 2.29. The third-order valence-corrected chi connectivity index (χ3v) is 3.84. The first-order valence-electron chi connectivity index (χ1n) is 7.14. The largest absolute Gasteiger partial charge is 0.292 e. The second kappa shape index (κ2) is 6.03. The molecule has 5 heteroatoms. The van der Waals surface area contributed by atoms with Crippen LogP contribution in [0.3, 0.4) is 0 Å². The second-order valence-electron chi connectivity index (χ2n) is 5.38. The number of rotatable bonds is 5. The first kappa shape index (κ1) is 14.5. The Labute approximate surface area is 118 Å². The molecule has 0 spiro atoms. The van der Waals surface area contributed by atoms with Crippen LogP contribution in [0.2, 0.25) is 0 Å². The number of aryl methyl sites for hydroxylation is 2. The molecule has 0 heterocycles. The number of anilines is 1. The van der Waals surface area contributed by atoms with E-state index < -0.39 is 10.9 Å². The summed E-state index contributed by atoms with van der Waals surface area (Å²) in [6.45, 7) is 3.71. The van der Waals surface area contributed by atoms with E-state index in [2.05, 4.69) is 0 Å². The average molecular weight is 276 g/mol. The van der Waals surface area contributed by atoms with Crippen molar-refractivity contribution >= 4 is 11.6 Å². The van der Waals surface area contributed by atoms with Crippen molar-refractivity contribution in [1.29, 1.82) is 0 Å². The lowest BCUT2D eigenvalue weighted by Crippen LogP contribution is -2.39. The second-order valence-corrected chi connectivity index (χ2v) is 5.38. The van der Waals surface area contributed by atoms with Crippen LogP contribution in [0, 0.1) is 16.0 Å². The van der Waals surface area contributed by atoms with Gasteiger partial charge in [0.2, 0.25) is 0 Å². The first-order valence-corrected chi connectivity index (χ1v) is 7.14. The Morgan fingerprint density at radius 1 is 1.40 bits per heavy atom. The molecule has 0 bridgehead atoms. The number of benzene rings is 1. The molecule has 20 heavy (non-hydrogen) atoms.